The molecule has 0 aliphatic carbocycles. The molecule has 1 amide bonds. The third kappa shape index (κ3) is 6.81. The lowest BCUT2D eigenvalue weighted by molar-refractivity contribution is -0.384. The van der Waals surface area contributed by atoms with Gasteiger partial charge in [-0.2, -0.15) is 0 Å². The van der Waals surface area contributed by atoms with Crippen molar-refractivity contribution in [3.63, 3.8) is 0 Å². The van der Waals surface area contributed by atoms with Gasteiger partial charge in [0.05, 0.1) is 36.5 Å². The van der Waals surface area contributed by atoms with Gasteiger partial charge in [-0.05, 0) is 43.7 Å². The Morgan fingerprint density at radius 3 is 2.35 bits per heavy atom. The number of methoxy groups -OCH3 is 1. The lowest BCUT2D eigenvalue weighted by Crippen LogP contribution is -2.14. The molecule has 0 saturated carbocycles. The molecule has 0 bridgehead atoms. The van der Waals surface area contributed by atoms with Crippen molar-refractivity contribution in [3.05, 3.63) is 63.7 Å². The number of hydrogen-bond acceptors (Lipinski definition) is 8. The predicted octanol–water partition coefficient (Wildman–Crippen LogP) is 3.36. The number of carbonyl (C=O) groups is 3. The third-order valence-corrected chi connectivity index (χ3v) is 4.08. The molecule has 2 rings (SSSR count). The molecule has 0 atom stereocenters. The molecule has 2 aromatic rings. The van der Waals surface area contributed by atoms with Gasteiger partial charge in [0, 0.05) is 24.1 Å². The lowest BCUT2D eigenvalue weighted by atomic mass is 10.1. The van der Waals surface area contributed by atoms with Gasteiger partial charge < -0.3 is 19.5 Å². The number of anilines is 1. The van der Waals surface area contributed by atoms with Crippen molar-refractivity contribution in [1.82, 2.24) is 0 Å². The number of nitrogens with one attached hydrogen (secondary N) is 1. The molecule has 10 heteroatoms. The van der Waals surface area contributed by atoms with Gasteiger partial charge >= 0.3 is 11.9 Å². The van der Waals surface area contributed by atoms with Gasteiger partial charge in [0.15, 0.2) is 0 Å². The number of nitrogens with zero attached hydrogens (tertiary/aromatic N) is 1. The molecule has 0 fully saturated rings. The Morgan fingerprint density at radius 2 is 1.74 bits per heavy atom. The van der Waals surface area contributed by atoms with Crippen molar-refractivity contribution in [2.75, 3.05) is 25.6 Å². The highest BCUT2D eigenvalue weighted by atomic mass is 16.6. The number of rotatable bonds is 10. The van der Waals surface area contributed by atoms with Crippen LogP contribution in [0.3, 0.4) is 0 Å². The van der Waals surface area contributed by atoms with E-state index >= 15 is 0 Å². The number of hydrogen-bond donors (Lipinski definition) is 1. The molecule has 0 aliphatic heterocycles. The standard InChI is InChI=1S/C21H22N2O8/c1-3-30-19(24)5-4-12-31-18-11-8-15(21(26)29-2)13-17(18)22-20(25)14-6-9-16(10-7-14)23(27)28/h6-11,13H,3-5,12H2,1-2H3,(H,22,25). The van der Waals surface area contributed by atoms with E-state index in [-0.39, 0.29) is 47.2 Å². The Labute approximate surface area is 178 Å². The average molecular weight is 430 g/mol. The molecule has 1 N–H and O–H groups in total. The van der Waals surface area contributed by atoms with Crippen LogP contribution in [0.5, 0.6) is 5.75 Å². The van der Waals surface area contributed by atoms with Gasteiger partial charge in [-0.3, -0.25) is 19.7 Å². The minimum absolute atomic E-state index is 0.144. The fraction of sp³-hybridized carbons (Fsp3) is 0.286. The molecule has 0 spiro atoms. The second-order valence-corrected chi connectivity index (χ2v) is 6.22. The normalized spacial score (nSPS) is 10.1. The number of esters is 2. The summed E-state index contributed by atoms with van der Waals surface area (Å²) in [5, 5.41) is 13.4. The van der Waals surface area contributed by atoms with E-state index < -0.39 is 16.8 Å². The number of nitro benzene ring substituents is 1. The van der Waals surface area contributed by atoms with Crippen molar-refractivity contribution in [3.8, 4) is 5.75 Å². The Kier molecular flexibility index (Phi) is 8.50. The Morgan fingerprint density at radius 1 is 1.06 bits per heavy atom. The number of nitro groups is 1. The first-order chi connectivity index (χ1) is 14.8. The van der Waals surface area contributed by atoms with Crippen molar-refractivity contribution in [1.29, 1.82) is 0 Å². The molecule has 10 nitrogen and oxygen atoms in total. The Balaban J connectivity index is 2.15. The van der Waals surface area contributed by atoms with Crippen LogP contribution >= 0.6 is 0 Å². The van der Waals surface area contributed by atoms with Crippen LogP contribution in [-0.4, -0.2) is 43.1 Å². The molecule has 2 aromatic carbocycles. The summed E-state index contributed by atoms with van der Waals surface area (Å²) < 4.78 is 15.2. The summed E-state index contributed by atoms with van der Waals surface area (Å²) in [6.07, 6.45) is 0.575. The molecule has 0 aliphatic rings. The van der Waals surface area contributed by atoms with Gasteiger partial charge in [-0.1, -0.05) is 0 Å². The minimum Gasteiger partial charge on any atom is -0.491 e. The zero-order chi connectivity index (χ0) is 22.8. The molecule has 0 heterocycles. The maximum absolute atomic E-state index is 12.6. The SMILES string of the molecule is CCOC(=O)CCCOc1ccc(C(=O)OC)cc1NC(=O)c1ccc([N+](=O)[O-])cc1. The second-order valence-electron chi connectivity index (χ2n) is 6.22. The summed E-state index contributed by atoms with van der Waals surface area (Å²) in [6, 6.07) is 9.44. The maximum atomic E-state index is 12.6. The number of ether oxygens (including phenoxy) is 3. The smallest absolute Gasteiger partial charge is 0.337 e. The molecular weight excluding hydrogens is 408 g/mol. The van der Waals surface area contributed by atoms with Crippen LogP contribution in [0.1, 0.15) is 40.5 Å². The number of benzene rings is 2. The first-order valence-electron chi connectivity index (χ1n) is 9.42. The van der Waals surface area contributed by atoms with Crippen molar-refractivity contribution >= 4 is 29.2 Å². The van der Waals surface area contributed by atoms with Crippen LogP contribution < -0.4 is 10.1 Å². The van der Waals surface area contributed by atoms with E-state index in [9.17, 15) is 24.5 Å². The topological polar surface area (TPSA) is 134 Å². The zero-order valence-corrected chi connectivity index (χ0v) is 17.1. The predicted molar refractivity (Wildman–Crippen MR) is 110 cm³/mol. The lowest BCUT2D eigenvalue weighted by Gasteiger charge is -2.14. The monoisotopic (exact) mass is 430 g/mol. The van der Waals surface area contributed by atoms with E-state index in [2.05, 4.69) is 5.32 Å². The third-order valence-electron chi connectivity index (χ3n) is 4.08. The number of carbonyl (C=O) groups excluding carboxylic acids is 3. The van der Waals surface area contributed by atoms with Gasteiger partial charge in [0.25, 0.3) is 11.6 Å². The quantitative estimate of drug-likeness (QED) is 0.262. The second kappa shape index (κ2) is 11.3. The number of amides is 1. The molecule has 0 aromatic heterocycles. The highest BCUT2D eigenvalue weighted by molar-refractivity contribution is 6.05. The summed E-state index contributed by atoms with van der Waals surface area (Å²) in [4.78, 5) is 46.0. The van der Waals surface area contributed by atoms with Crippen molar-refractivity contribution in [2.45, 2.75) is 19.8 Å². The summed E-state index contributed by atoms with van der Waals surface area (Å²) in [6.45, 7) is 2.20. The maximum Gasteiger partial charge on any atom is 0.337 e. The van der Waals surface area contributed by atoms with Crippen LogP contribution in [0.25, 0.3) is 0 Å². The molecule has 31 heavy (non-hydrogen) atoms. The largest absolute Gasteiger partial charge is 0.491 e. The van der Waals surface area contributed by atoms with E-state index in [0.717, 1.165) is 0 Å². The van der Waals surface area contributed by atoms with Gasteiger partial charge in [0.2, 0.25) is 0 Å². The van der Waals surface area contributed by atoms with Crippen LogP contribution in [0.2, 0.25) is 0 Å². The fourth-order valence-corrected chi connectivity index (χ4v) is 2.56. The number of non-ortho nitro benzene ring substituents is 1. The van der Waals surface area contributed by atoms with E-state index in [0.29, 0.717) is 13.0 Å². The molecular formula is C21H22N2O8. The zero-order valence-electron chi connectivity index (χ0n) is 17.1. The molecule has 0 radical (unpaired) electrons. The van der Waals surface area contributed by atoms with Crippen LogP contribution in [0.15, 0.2) is 42.5 Å². The van der Waals surface area contributed by atoms with Crippen LogP contribution in [0.4, 0.5) is 11.4 Å². The summed E-state index contributed by atoms with van der Waals surface area (Å²) in [5.41, 5.74) is 0.444. The van der Waals surface area contributed by atoms with Gasteiger partial charge in [-0.15, -0.1) is 0 Å². The fourth-order valence-electron chi connectivity index (χ4n) is 2.56. The average Bonchev–Trinajstić information content (AvgIpc) is 2.77. The van der Waals surface area contributed by atoms with Crippen molar-refractivity contribution in [2.24, 2.45) is 0 Å². The highest BCUT2D eigenvalue weighted by Gasteiger charge is 2.15. The van der Waals surface area contributed by atoms with Gasteiger partial charge in [-0.25, -0.2) is 4.79 Å². The Bertz CT molecular complexity index is 956. The van der Waals surface area contributed by atoms with Crippen LogP contribution in [-0.2, 0) is 14.3 Å². The summed E-state index contributed by atoms with van der Waals surface area (Å²) in [5.74, 6) is -1.20. The molecule has 0 unspecified atom stereocenters. The van der Waals surface area contributed by atoms with Crippen molar-refractivity contribution < 1.29 is 33.5 Å². The van der Waals surface area contributed by atoms with E-state index in [1.807, 2.05) is 0 Å². The van der Waals surface area contributed by atoms with Crippen LogP contribution in [0, 0.1) is 10.1 Å². The van der Waals surface area contributed by atoms with E-state index in [4.69, 9.17) is 14.2 Å². The summed E-state index contributed by atoms with van der Waals surface area (Å²) >= 11 is 0. The first kappa shape index (κ1) is 23.3. The van der Waals surface area contributed by atoms with E-state index in [1.54, 1.807) is 6.92 Å². The molecule has 164 valence electrons. The summed E-state index contributed by atoms with van der Waals surface area (Å²) in [7, 11) is 1.23. The van der Waals surface area contributed by atoms with E-state index in [1.165, 1.54) is 49.6 Å². The highest BCUT2D eigenvalue weighted by Crippen LogP contribution is 2.27. The Hall–Kier alpha value is -3.95. The minimum atomic E-state index is -0.598. The van der Waals surface area contributed by atoms with Gasteiger partial charge in [0.1, 0.15) is 5.75 Å². The molecule has 0 saturated heterocycles. The first-order valence-corrected chi connectivity index (χ1v) is 9.42.